The first-order chi connectivity index (χ1) is 12.3. The molecule has 8 heteroatoms. The molecule has 0 aliphatic rings. The lowest BCUT2D eigenvalue weighted by Gasteiger charge is -2.21. The molecule has 3 aromatic rings. The molecule has 5 N–H and O–H groups in total. The van der Waals surface area contributed by atoms with Crippen molar-refractivity contribution in [2.45, 2.75) is 46.1 Å². The minimum absolute atomic E-state index is 0.159. The zero-order valence-electron chi connectivity index (χ0n) is 15.4. The van der Waals surface area contributed by atoms with Crippen LogP contribution >= 0.6 is 11.6 Å². The van der Waals surface area contributed by atoms with Crippen molar-refractivity contribution in [1.82, 2.24) is 20.2 Å². The standard InChI is InChI=1S/C18H24ClN7/c1-9(2)14-15-16(25-24-14)18(23-17(22-15)10(3)4)26(21)8-11-12(19)6-5-7-13(11)20/h5-7,9-10H,8,20-21H2,1-4H3,(H,24,25). The molecule has 2 aromatic heterocycles. The van der Waals surface area contributed by atoms with Gasteiger partial charge >= 0.3 is 0 Å². The predicted octanol–water partition coefficient (Wildman–Crippen LogP) is 3.72. The number of hydrogen-bond donors (Lipinski definition) is 3. The topological polar surface area (TPSA) is 110 Å². The summed E-state index contributed by atoms with van der Waals surface area (Å²) in [7, 11) is 0. The van der Waals surface area contributed by atoms with Crippen LogP contribution in [0.1, 0.15) is 56.6 Å². The van der Waals surface area contributed by atoms with Crippen LogP contribution in [0.4, 0.5) is 11.5 Å². The van der Waals surface area contributed by atoms with Crippen LogP contribution in [0.2, 0.25) is 5.02 Å². The summed E-state index contributed by atoms with van der Waals surface area (Å²) in [6.07, 6.45) is 0. The lowest BCUT2D eigenvalue weighted by atomic mass is 10.1. The number of fused-ring (bicyclic) bond motifs is 1. The highest BCUT2D eigenvalue weighted by Gasteiger charge is 2.21. The number of nitrogens with zero attached hydrogens (tertiary/aromatic N) is 4. The van der Waals surface area contributed by atoms with Crippen molar-refractivity contribution in [2.75, 3.05) is 10.7 Å². The number of nitrogens with two attached hydrogens (primary N) is 2. The van der Waals surface area contributed by atoms with Crippen molar-refractivity contribution in [2.24, 2.45) is 5.84 Å². The van der Waals surface area contributed by atoms with Gasteiger partial charge in [-0.05, 0) is 18.1 Å². The number of aromatic amines is 1. The number of nitrogens with one attached hydrogen (secondary N) is 1. The fourth-order valence-corrected chi connectivity index (χ4v) is 3.01. The van der Waals surface area contributed by atoms with E-state index in [0.29, 0.717) is 28.6 Å². The summed E-state index contributed by atoms with van der Waals surface area (Å²) in [5.74, 6) is 8.05. The molecule has 1 aromatic carbocycles. The molecule has 2 heterocycles. The van der Waals surface area contributed by atoms with E-state index >= 15 is 0 Å². The second-order valence-corrected chi connectivity index (χ2v) is 7.39. The molecule has 0 fully saturated rings. The Balaban J connectivity index is 2.11. The fourth-order valence-electron chi connectivity index (χ4n) is 2.77. The average molecular weight is 374 g/mol. The summed E-state index contributed by atoms with van der Waals surface area (Å²) in [4.78, 5) is 9.36. The summed E-state index contributed by atoms with van der Waals surface area (Å²) >= 11 is 6.29. The number of rotatable bonds is 5. The van der Waals surface area contributed by atoms with E-state index in [-0.39, 0.29) is 11.8 Å². The Kier molecular flexibility index (Phi) is 5.02. The van der Waals surface area contributed by atoms with Crippen LogP contribution in [0.3, 0.4) is 0 Å². The first-order valence-corrected chi connectivity index (χ1v) is 8.98. The molecule has 0 aliphatic heterocycles. The highest BCUT2D eigenvalue weighted by atomic mass is 35.5. The summed E-state index contributed by atoms with van der Waals surface area (Å²) in [5.41, 5.74) is 9.83. The van der Waals surface area contributed by atoms with E-state index in [1.165, 1.54) is 5.01 Å². The molecule has 0 aliphatic carbocycles. The summed E-state index contributed by atoms with van der Waals surface area (Å²) in [6, 6.07) is 5.40. The van der Waals surface area contributed by atoms with Crippen molar-refractivity contribution in [3.8, 4) is 0 Å². The second kappa shape index (κ2) is 7.09. The number of H-pyrrole nitrogens is 1. The fraction of sp³-hybridized carbons (Fsp3) is 0.389. The number of hydrogen-bond acceptors (Lipinski definition) is 6. The molecular formula is C18H24ClN7. The highest BCUT2D eigenvalue weighted by molar-refractivity contribution is 6.31. The summed E-state index contributed by atoms with van der Waals surface area (Å²) in [5, 5.41) is 9.58. The Morgan fingerprint density at radius 1 is 1.12 bits per heavy atom. The van der Waals surface area contributed by atoms with E-state index in [4.69, 9.17) is 28.2 Å². The molecule has 7 nitrogen and oxygen atoms in total. The lowest BCUT2D eigenvalue weighted by molar-refractivity contribution is 0.759. The average Bonchev–Trinajstić information content (AvgIpc) is 3.01. The van der Waals surface area contributed by atoms with E-state index < -0.39 is 0 Å². The van der Waals surface area contributed by atoms with E-state index in [2.05, 4.69) is 29.0 Å². The first-order valence-electron chi connectivity index (χ1n) is 8.60. The predicted molar refractivity (Wildman–Crippen MR) is 106 cm³/mol. The van der Waals surface area contributed by atoms with Crippen molar-refractivity contribution in [3.63, 3.8) is 0 Å². The monoisotopic (exact) mass is 373 g/mol. The Labute approximate surface area is 157 Å². The molecule has 0 amide bonds. The SMILES string of the molecule is CC(C)c1nc(N(N)Cc2c(N)cccc2Cl)c2n[nH]c(C(C)C)c2n1. The maximum atomic E-state index is 6.36. The molecule has 3 rings (SSSR count). The maximum absolute atomic E-state index is 6.36. The van der Waals surface area contributed by atoms with E-state index in [9.17, 15) is 0 Å². The number of anilines is 2. The molecule has 0 saturated heterocycles. The largest absolute Gasteiger partial charge is 0.398 e. The van der Waals surface area contributed by atoms with E-state index in [1.54, 1.807) is 12.1 Å². The van der Waals surface area contributed by atoms with Crippen LogP contribution in [0.5, 0.6) is 0 Å². The van der Waals surface area contributed by atoms with Gasteiger partial charge in [0.05, 0.1) is 12.2 Å². The molecule has 0 bridgehead atoms. The molecule has 26 heavy (non-hydrogen) atoms. The molecule has 0 radical (unpaired) electrons. The zero-order chi connectivity index (χ0) is 19.0. The van der Waals surface area contributed by atoms with Crippen molar-refractivity contribution in [3.05, 3.63) is 40.3 Å². The Morgan fingerprint density at radius 2 is 1.85 bits per heavy atom. The normalized spacial score (nSPS) is 11.7. The summed E-state index contributed by atoms with van der Waals surface area (Å²) in [6.45, 7) is 8.60. The van der Waals surface area contributed by atoms with Crippen LogP contribution < -0.4 is 16.6 Å². The van der Waals surface area contributed by atoms with Crippen molar-refractivity contribution >= 4 is 34.1 Å². The van der Waals surface area contributed by atoms with Crippen LogP contribution in [-0.4, -0.2) is 20.2 Å². The Morgan fingerprint density at radius 3 is 2.46 bits per heavy atom. The van der Waals surface area contributed by atoms with Gasteiger partial charge in [-0.3, -0.25) is 10.1 Å². The molecule has 0 saturated carbocycles. The smallest absolute Gasteiger partial charge is 0.175 e. The maximum Gasteiger partial charge on any atom is 0.175 e. The molecule has 0 unspecified atom stereocenters. The number of nitrogen functional groups attached to an aromatic ring is 1. The van der Waals surface area contributed by atoms with Gasteiger partial charge in [-0.2, -0.15) is 5.10 Å². The third-order valence-corrected chi connectivity index (χ3v) is 4.63. The lowest BCUT2D eigenvalue weighted by Crippen LogP contribution is -2.32. The van der Waals surface area contributed by atoms with Gasteiger partial charge in [0.25, 0.3) is 0 Å². The minimum Gasteiger partial charge on any atom is -0.398 e. The number of aromatic nitrogens is 4. The van der Waals surface area contributed by atoms with E-state index in [0.717, 1.165) is 22.6 Å². The minimum atomic E-state index is 0.159. The Bertz CT molecular complexity index is 912. The van der Waals surface area contributed by atoms with Gasteiger partial charge in [0.2, 0.25) is 0 Å². The number of hydrazine groups is 1. The quantitative estimate of drug-likeness (QED) is 0.357. The summed E-state index contributed by atoms with van der Waals surface area (Å²) < 4.78 is 0. The van der Waals surface area contributed by atoms with Crippen LogP contribution in [0, 0.1) is 0 Å². The van der Waals surface area contributed by atoms with Gasteiger partial charge in [0.1, 0.15) is 11.3 Å². The van der Waals surface area contributed by atoms with Gasteiger partial charge in [0.15, 0.2) is 11.3 Å². The molecule has 0 spiro atoms. The number of benzene rings is 1. The van der Waals surface area contributed by atoms with Crippen molar-refractivity contribution in [1.29, 1.82) is 0 Å². The third-order valence-electron chi connectivity index (χ3n) is 4.28. The van der Waals surface area contributed by atoms with Crippen LogP contribution in [-0.2, 0) is 6.54 Å². The van der Waals surface area contributed by atoms with Gasteiger partial charge in [0, 0.05) is 22.2 Å². The van der Waals surface area contributed by atoms with Crippen LogP contribution in [0.15, 0.2) is 18.2 Å². The first kappa shape index (κ1) is 18.4. The highest BCUT2D eigenvalue weighted by Crippen LogP contribution is 2.30. The van der Waals surface area contributed by atoms with Crippen molar-refractivity contribution < 1.29 is 0 Å². The van der Waals surface area contributed by atoms with Gasteiger partial charge in [-0.25, -0.2) is 15.8 Å². The second-order valence-electron chi connectivity index (χ2n) is 6.98. The third kappa shape index (κ3) is 3.32. The number of halogens is 1. The Hall–Kier alpha value is -2.38. The van der Waals surface area contributed by atoms with Gasteiger partial charge in [-0.15, -0.1) is 0 Å². The van der Waals surface area contributed by atoms with Crippen LogP contribution in [0.25, 0.3) is 11.0 Å². The zero-order valence-corrected chi connectivity index (χ0v) is 16.2. The van der Waals surface area contributed by atoms with Gasteiger partial charge < -0.3 is 5.73 Å². The van der Waals surface area contributed by atoms with E-state index in [1.807, 2.05) is 19.9 Å². The van der Waals surface area contributed by atoms with Gasteiger partial charge in [-0.1, -0.05) is 45.4 Å². The molecular weight excluding hydrogens is 350 g/mol. The molecule has 0 atom stereocenters. The molecule has 138 valence electrons.